The summed E-state index contributed by atoms with van der Waals surface area (Å²) in [6, 6.07) is 1.93. The number of guanidine groups is 1. The Bertz CT molecular complexity index is 596. The molecule has 0 unspecified atom stereocenters. The van der Waals surface area contributed by atoms with Crippen molar-refractivity contribution in [3.05, 3.63) is 18.0 Å². The van der Waals surface area contributed by atoms with Crippen LogP contribution in [0.25, 0.3) is 0 Å². The van der Waals surface area contributed by atoms with Crippen LogP contribution in [0.2, 0.25) is 0 Å². The third-order valence-corrected chi connectivity index (χ3v) is 4.74. The fourth-order valence-corrected chi connectivity index (χ4v) is 3.01. The molecule has 9 heteroatoms. The first kappa shape index (κ1) is 19.4. The quantitative estimate of drug-likeness (QED) is 0.378. The lowest BCUT2D eigenvalue weighted by Gasteiger charge is -2.18. The average Bonchev–Trinajstić information content (AvgIpc) is 2.88. The van der Waals surface area contributed by atoms with Gasteiger partial charge in [0.15, 0.2) is 5.96 Å². The van der Waals surface area contributed by atoms with Crippen molar-refractivity contribution in [3.63, 3.8) is 0 Å². The van der Waals surface area contributed by atoms with Gasteiger partial charge >= 0.3 is 0 Å². The second-order valence-corrected chi connectivity index (χ2v) is 7.16. The molecule has 0 amide bonds. The summed E-state index contributed by atoms with van der Waals surface area (Å²) < 4.78 is 26.3. The average molecular weight is 344 g/mol. The molecule has 0 saturated carbocycles. The first-order valence-electron chi connectivity index (χ1n) is 7.82. The Kier molecular flexibility index (Phi) is 8.04. The molecular weight excluding hydrogens is 316 g/mol. The van der Waals surface area contributed by atoms with E-state index in [1.165, 1.54) is 10.6 Å². The van der Waals surface area contributed by atoms with Crippen LogP contribution >= 0.6 is 0 Å². The first-order chi connectivity index (χ1) is 10.9. The van der Waals surface area contributed by atoms with Crippen LogP contribution in [0.3, 0.4) is 0 Å². The fraction of sp³-hybridized carbons (Fsp3) is 0.714. The molecule has 0 spiro atoms. The van der Waals surface area contributed by atoms with Crippen molar-refractivity contribution < 1.29 is 8.42 Å². The Morgan fingerprint density at radius 3 is 2.65 bits per heavy atom. The molecule has 0 aliphatic carbocycles. The Balaban J connectivity index is 2.46. The molecule has 1 aromatic rings. The number of rotatable bonds is 9. The molecule has 8 nitrogen and oxygen atoms in total. The van der Waals surface area contributed by atoms with E-state index in [0.717, 1.165) is 24.6 Å². The highest BCUT2D eigenvalue weighted by Gasteiger charge is 2.13. The van der Waals surface area contributed by atoms with E-state index in [2.05, 4.69) is 20.7 Å². The van der Waals surface area contributed by atoms with E-state index in [1.54, 1.807) is 10.9 Å². The Morgan fingerprint density at radius 1 is 1.39 bits per heavy atom. The Labute approximate surface area is 139 Å². The van der Waals surface area contributed by atoms with Gasteiger partial charge in [0.05, 0.1) is 18.5 Å². The van der Waals surface area contributed by atoms with Crippen LogP contribution in [0.5, 0.6) is 0 Å². The minimum Gasteiger partial charge on any atom is -0.357 e. The number of aryl methyl sites for hydroxylation is 1. The van der Waals surface area contributed by atoms with E-state index >= 15 is 0 Å². The molecule has 0 saturated heterocycles. The SMILES string of the molecule is CCNC(=NCc1ccnn1C)NCCCN(CC)S(C)(=O)=O. The predicted octanol–water partition coefficient (Wildman–Crippen LogP) is 0.147. The van der Waals surface area contributed by atoms with Gasteiger partial charge in [0.2, 0.25) is 10.0 Å². The van der Waals surface area contributed by atoms with E-state index in [4.69, 9.17) is 0 Å². The minimum absolute atomic E-state index is 0.494. The van der Waals surface area contributed by atoms with E-state index in [-0.39, 0.29) is 0 Å². The molecule has 2 N–H and O–H groups in total. The molecule has 23 heavy (non-hydrogen) atoms. The maximum absolute atomic E-state index is 11.5. The molecule has 0 fully saturated rings. The van der Waals surface area contributed by atoms with Gasteiger partial charge in [0.25, 0.3) is 0 Å². The summed E-state index contributed by atoms with van der Waals surface area (Å²) in [5.74, 6) is 0.719. The highest BCUT2D eigenvalue weighted by molar-refractivity contribution is 7.88. The largest absolute Gasteiger partial charge is 0.357 e. The van der Waals surface area contributed by atoms with Gasteiger partial charge in [-0.2, -0.15) is 5.10 Å². The molecule has 132 valence electrons. The zero-order valence-corrected chi connectivity index (χ0v) is 15.2. The zero-order valence-electron chi connectivity index (χ0n) is 14.4. The highest BCUT2D eigenvalue weighted by Crippen LogP contribution is 1.99. The topological polar surface area (TPSA) is 91.6 Å². The van der Waals surface area contributed by atoms with Crippen molar-refractivity contribution >= 4 is 16.0 Å². The molecule has 1 rings (SSSR count). The fourth-order valence-electron chi connectivity index (χ4n) is 2.08. The van der Waals surface area contributed by atoms with Gasteiger partial charge in [-0.1, -0.05) is 6.92 Å². The van der Waals surface area contributed by atoms with Crippen molar-refractivity contribution in [1.29, 1.82) is 0 Å². The summed E-state index contributed by atoms with van der Waals surface area (Å²) in [5.41, 5.74) is 1.02. The number of hydrogen-bond acceptors (Lipinski definition) is 4. The predicted molar refractivity (Wildman–Crippen MR) is 92.7 cm³/mol. The molecule has 0 atom stereocenters. The molecule has 1 heterocycles. The number of sulfonamides is 1. The summed E-state index contributed by atoms with van der Waals surface area (Å²) >= 11 is 0. The van der Waals surface area contributed by atoms with Crippen LogP contribution < -0.4 is 10.6 Å². The van der Waals surface area contributed by atoms with Gasteiger partial charge < -0.3 is 10.6 Å². The second-order valence-electron chi connectivity index (χ2n) is 5.18. The smallest absolute Gasteiger partial charge is 0.211 e. The molecule has 0 aromatic carbocycles. The van der Waals surface area contributed by atoms with Crippen molar-refractivity contribution in [1.82, 2.24) is 24.7 Å². The van der Waals surface area contributed by atoms with Crippen molar-refractivity contribution in [2.45, 2.75) is 26.8 Å². The lowest BCUT2D eigenvalue weighted by molar-refractivity contribution is 0.424. The van der Waals surface area contributed by atoms with Gasteiger partial charge in [-0.3, -0.25) is 4.68 Å². The molecular formula is C14H28N6O2S. The summed E-state index contributed by atoms with van der Waals surface area (Å²) in [6.45, 7) is 6.80. The maximum atomic E-state index is 11.5. The van der Waals surface area contributed by atoms with Crippen LogP contribution in [0.4, 0.5) is 0 Å². The zero-order chi connectivity index (χ0) is 17.3. The molecule has 0 aliphatic rings. The van der Waals surface area contributed by atoms with Crippen molar-refractivity contribution in [2.75, 3.05) is 32.4 Å². The lowest BCUT2D eigenvalue weighted by Crippen LogP contribution is -2.39. The summed E-state index contributed by atoms with van der Waals surface area (Å²) in [5, 5.41) is 10.5. The van der Waals surface area contributed by atoms with Crippen LogP contribution in [-0.2, 0) is 23.6 Å². The third kappa shape index (κ3) is 7.00. The van der Waals surface area contributed by atoms with Crippen molar-refractivity contribution in [3.8, 4) is 0 Å². The number of nitrogens with one attached hydrogen (secondary N) is 2. The Morgan fingerprint density at radius 2 is 2.13 bits per heavy atom. The Hall–Kier alpha value is -1.61. The standard InChI is InChI=1S/C14H28N6O2S/c1-5-15-14(17-12-13-8-10-18-19(13)3)16-9-7-11-20(6-2)23(4,21)22/h8,10H,5-7,9,11-12H2,1-4H3,(H2,15,16,17). The van der Waals surface area contributed by atoms with Gasteiger partial charge in [-0.15, -0.1) is 0 Å². The van der Waals surface area contributed by atoms with Gasteiger partial charge in [-0.05, 0) is 19.4 Å². The number of aromatic nitrogens is 2. The van der Waals surface area contributed by atoms with Gasteiger partial charge in [0, 0.05) is 39.4 Å². The van der Waals surface area contributed by atoms with E-state index < -0.39 is 10.0 Å². The van der Waals surface area contributed by atoms with Gasteiger partial charge in [0.1, 0.15) is 0 Å². The van der Waals surface area contributed by atoms with E-state index in [0.29, 0.717) is 26.2 Å². The molecule has 0 radical (unpaired) electrons. The lowest BCUT2D eigenvalue weighted by atomic mass is 10.4. The molecule has 0 bridgehead atoms. The number of hydrogen-bond donors (Lipinski definition) is 2. The van der Waals surface area contributed by atoms with Crippen LogP contribution in [0, 0.1) is 0 Å². The monoisotopic (exact) mass is 344 g/mol. The van der Waals surface area contributed by atoms with E-state index in [1.807, 2.05) is 27.0 Å². The maximum Gasteiger partial charge on any atom is 0.211 e. The van der Waals surface area contributed by atoms with E-state index in [9.17, 15) is 8.42 Å². The highest BCUT2D eigenvalue weighted by atomic mass is 32.2. The van der Waals surface area contributed by atoms with Crippen molar-refractivity contribution in [2.24, 2.45) is 12.0 Å². The summed E-state index contributed by atoms with van der Waals surface area (Å²) in [4.78, 5) is 4.50. The molecule has 1 aromatic heterocycles. The summed E-state index contributed by atoms with van der Waals surface area (Å²) in [7, 11) is -1.24. The van der Waals surface area contributed by atoms with Crippen LogP contribution in [-0.4, -0.2) is 60.9 Å². The first-order valence-corrected chi connectivity index (χ1v) is 9.67. The molecule has 0 aliphatic heterocycles. The number of aliphatic imine (C=N–C) groups is 1. The second kappa shape index (κ2) is 9.51. The van der Waals surface area contributed by atoms with Gasteiger partial charge in [-0.25, -0.2) is 17.7 Å². The minimum atomic E-state index is -3.12. The van der Waals surface area contributed by atoms with Crippen LogP contribution in [0.1, 0.15) is 26.0 Å². The van der Waals surface area contributed by atoms with Crippen LogP contribution in [0.15, 0.2) is 17.3 Å². The third-order valence-electron chi connectivity index (χ3n) is 3.36. The normalized spacial score (nSPS) is 12.7. The summed E-state index contributed by atoms with van der Waals surface area (Å²) in [6.07, 6.45) is 3.70. The number of nitrogens with zero attached hydrogens (tertiary/aromatic N) is 4.